The predicted molar refractivity (Wildman–Crippen MR) is 94.1 cm³/mol. The van der Waals surface area contributed by atoms with Crippen molar-refractivity contribution in [1.82, 2.24) is 19.8 Å². The third-order valence-corrected chi connectivity index (χ3v) is 4.29. The van der Waals surface area contributed by atoms with Gasteiger partial charge in [-0.1, -0.05) is 30.3 Å². The number of piperazine rings is 1. The molecule has 1 saturated heterocycles. The van der Waals surface area contributed by atoms with Crippen LogP contribution in [0.4, 0.5) is 5.82 Å². The van der Waals surface area contributed by atoms with Gasteiger partial charge < -0.3 is 15.1 Å². The molecule has 130 valence electrons. The molecule has 1 aliphatic heterocycles. The van der Waals surface area contributed by atoms with Crippen LogP contribution in [0.3, 0.4) is 0 Å². The summed E-state index contributed by atoms with van der Waals surface area (Å²) < 4.78 is 0. The van der Waals surface area contributed by atoms with Gasteiger partial charge in [-0.2, -0.15) is 0 Å². The first-order valence-corrected chi connectivity index (χ1v) is 8.29. The minimum atomic E-state index is -0.152. The molecule has 0 spiro atoms. The van der Waals surface area contributed by atoms with Crippen molar-refractivity contribution in [3.05, 3.63) is 54.0 Å². The summed E-state index contributed by atoms with van der Waals surface area (Å²) in [6, 6.07) is 10.1. The van der Waals surface area contributed by atoms with Crippen molar-refractivity contribution in [3.8, 4) is 0 Å². The lowest BCUT2D eigenvalue weighted by Crippen LogP contribution is -2.48. The SMILES string of the molecule is CC(Nc1cnc(C(=O)N2CCN(C=O)CC2)cn1)c1ccccc1. The Kier molecular flexibility index (Phi) is 5.23. The van der Waals surface area contributed by atoms with Gasteiger partial charge in [0.1, 0.15) is 11.5 Å². The number of hydrogen-bond acceptors (Lipinski definition) is 5. The molecule has 3 rings (SSSR count). The van der Waals surface area contributed by atoms with Crippen LogP contribution >= 0.6 is 0 Å². The van der Waals surface area contributed by atoms with E-state index in [-0.39, 0.29) is 11.9 Å². The Labute approximate surface area is 146 Å². The molecule has 0 radical (unpaired) electrons. The van der Waals surface area contributed by atoms with Crippen LogP contribution in [-0.4, -0.2) is 58.3 Å². The van der Waals surface area contributed by atoms with Gasteiger partial charge in [0.15, 0.2) is 0 Å². The van der Waals surface area contributed by atoms with Gasteiger partial charge in [-0.15, -0.1) is 0 Å². The summed E-state index contributed by atoms with van der Waals surface area (Å²) in [5.74, 6) is 0.472. The maximum atomic E-state index is 12.4. The van der Waals surface area contributed by atoms with Crippen molar-refractivity contribution in [2.24, 2.45) is 0 Å². The van der Waals surface area contributed by atoms with Gasteiger partial charge in [0.2, 0.25) is 6.41 Å². The molecule has 2 heterocycles. The summed E-state index contributed by atoms with van der Waals surface area (Å²) in [4.78, 5) is 35.1. The number of aromatic nitrogens is 2. The summed E-state index contributed by atoms with van der Waals surface area (Å²) in [7, 11) is 0. The highest BCUT2D eigenvalue weighted by molar-refractivity contribution is 5.92. The van der Waals surface area contributed by atoms with Crippen LogP contribution in [0.25, 0.3) is 0 Å². The van der Waals surface area contributed by atoms with Crippen molar-refractivity contribution in [3.63, 3.8) is 0 Å². The fourth-order valence-electron chi connectivity index (χ4n) is 2.75. The van der Waals surface area contributed by atoms with Gasteiger partial charge in [-0.3, -0.25) is 9.59 Å². The summed E-state index contributed by atoms with van der Waals surface area (Å²) in [6.07, 6.45) is 3.89. The zero-order valence-corrected chi connectivity index (χ0v) is 14.1. The molecule has 1 fully saturated rings. The average molecular weight is 339 g/mol. The van der Waals surface area contributed by atoms with Crippen LogP contribution in [0.5, 0.6) is 0 Å². The van der Waals surface area contributed by atoms with E-state index in [0.717, 1.165) is 12.0 Å². The molecule has 7 nitrogen and oxygen atoms in total. The lowest BCUT2D eigenvalue weighted by molar-refractivity contribution is -0.119. The smallest absolute Gasteiger partial charge is 0.274 e. The van der Waals surface area contributed by atoms with Gasteiger partial charge >= 0.3 is 0 Å². The van der Waals surface area contributed by atoms with Crippen molar-refractivity contribution in [1.29, 1.82) is 0 Å². The first-order chi connectivity index (χ1) is 12.2. The number of nitrogens with one attached hydrogen (secondary N) is 1. The maximum absolute atomic E-state index is 12.4. The molecule has 1 unspecified atom stereocenters. The Bertz CT molecular complexity index is 712. The quantitative estimate of drug-likeness (QED) is 0.837. The molecule has 7 heteroatoms. The number of nitrogens with zero attached hydrogens (tertiary/aromatic N) is 4. The second kappa shape index (κ2) is 7.74. The average Bonchev–Trinajstić information content (AvgIpc) is 2.69. The fourth-order valence-corrected chi connectivity index (χ4v) is 2.75. The molecule has 1 atom stereocenters. The minimum Gasteiger partial charge on any atom is -0.362 e. The highest BCUT2D eigenvalue weighted by Crippen LogP contribution is 2.17. The van der Waals surface area contributed by atoms with Crippen LogP contribution in [0.1, 0.15) is 29.0 Å². The molecule has 1 aromatic heterocycles. The van der Waals surface area contributed by atoms with E-state index in [1.165, 1.54) is 6.20 Å². The second-order valence-electron chi connectivity index (χ2n) is 6.00. The molecule has 0 saturated carbocycles. The third-order valence-electron chi connectivity index (χ3n) is 4.29. The van der Waals surface area contributed by atoms with Crippen LogP contribution in [0.2, 0.25) is 0 Å². The molecule has 0 aliphatic carbocycles. The fraction of sp³-hybridized carbons (Fsp3) is 0.333. The molecule has 25 heavy (non-hydrogen) atoms. The molecule has 0 bridgehead atoms. The number of hydrogen-bond donors (Lipinski definition) is 1. The molecule has 1 N–H and O–H groups in total. The molecule has 2 amide bonds. The second-order valence-corrected chi connectivity index (χ2v) is 6.00. The van der Waals surface area contributed by atoms with E-state index >= 15 is 0 Å². The van der Waals surface area contributed by atoms with E-state index in [2.05, 4.69) is 15.3 Å². The van der Waals surface area contributed by atoms with E-state index in [1.807, 2.05) is 37.3 Å². The highest BCUT2D eigenvalue weighted by atomic mass is 16.2. The molecule has 1 aliphatic rings. The van der Waals surface area contributed by atoms with Gasteiger partial charge in [-0.25, -0.2) is 9.97 Å². The van der Waals surface area contributed by atoms with Crippen LogP contribution in [0.15, 0.2) is 42.7 Å². The highest BCUT2D eigenvalue weighted by Gasteiger charge is 2.22. The number of benzene rings is 1. The maximum Gasteiger partial charge on any atom is 0.274 e. The van der Waals surface area contributed by atoms with Crippen LogP contribution in [-0.2, 0) is 4.79 Å². The van der Waals surface area contributed by atoms with Gasteiger partial charge in [0, 0.05) is 32.2 Å². The molecule has 2 aromatic rings. The van der Waals surface area contributed by atoms with Crippen molar-refractivity contribution in [2.75, 3.05) is 31.5 Å². The van der Waals surface area contributed by atoms with Crippen LogP contribution in [0, 0.1) is 0 Å². The predicted octanol–water partition coefficient (Wildman–Crippen LogP) is 1.56. The van der Waals surface area contributed by atoms with E-state index < -0.39 is 0 Å². The number of rotatable bonds is 5. The van der Waals surface area contributed by atoms with E-state index in [1.54, 1.807) is 16.0 Å². The Morgan fingerprint density at radius 1 is 1.12 bits per heavy atom. The molecular weight excluding hydrogens is 318 g/mol. The Hall–Kier alpha value is -2.96. The Balaban J connectivity index is 1.60. The standard InChI is InChI=1S/C18H21N5O2/c1-14(15-5-3-2-4-6-15)21-17-12-19-16(11-20-17)18(25)23-9-7-22(13-24)8-10-23/h2-6,11-14H,7-10H2,1H3,(H,20,21). The van der Waals surface area contributed by atoms with Crippen molar-refractivity contribution >= 4 is 18.1 Å². The molecule has 1 aromatic carbocycles. The zero-order valence-electron chi connectivity index (χ0n) is 14.1. The largest absolute Gasteiger partial charge is 0.362 e. The number of carbonyl (C=O) groups is 2. The first kappa shape index (κ1) is 16.9. The normalized spacial score (nSPS) is 15.6. The van der Waals surface area contributed by atoms with Gasteiger partial charge in [0.25, 0.3) is 5.91 Å². The van der Waals surface area contributed by atoms with Gasteiger partial charge in [-0.05, 0) is 12.5 Å². The summed E-state index contributed by atoms with van der Waals surface area (Å²) in [5, 5.41) is 3.27. The number of amides is 2. The monoisotopic (exact) mass is 339 g/mol. The van der Waals surface area contributed by atoms with E-state index in [9.17, 15) is 9.59 Å². The summed E-state index contributed by atoms with van der Waals surface area (Å²) in [6.45, 7) is 4.19. The first-order valence-electron chi connectivity index (χ1n) is 8.29. The van der Waals surface area contributed by atoms with E-state index in [0.29, 0.717) is 37.7 Å². The van der Waals surface area contributed by atoms with Crippen LogP contribution < -0.4 is 5.32 Å². The Morgan fingerprint density at radius 3 is 2.44 bits per heavy atom. The zero-order chi connectivity index (χ0) is 17.6. The van der Waals surface area contributed by atoms with Crippen molar-refractivity contribution in [2.45, 2.75) is 13.0 Å². The van der Waals surface area contributed by atoms with E-state index in [4.69, 9.17) is 0 Å². The number of carbonyl (C=O) groups excluding carboxylic acids is 2. The third kappa shape index (κ3) is 4.12. The van der Waals surface area contributed by atoms with Crippen molar-refractivity contribution < 1.29 is 9.59 Å². The lowest BCUT2D eigenvalue weighted by atomic mass is 10.1. The Morgan fingerprint density at radius 2 is 1.84 bits per heavy atom. The lowest BCUT2D eigenvalue weighted by Gasteiger charge is -2.32. The topological polar surface area (TPSA) is 78.4 Å². The molecular formula is C18H21N5O2. The van der Waals surface area contributed by atoms with Gasteiger partial charge in [0.05, 0.1) is 12.4 Å². The minimum absolute atomic E-state index is 0.0912. The summed E-state index contributed by atoms with van der Waals surface area (Å²) in [5.41, 5.74) is 1.47. The summed E-state index contributed by atoms with van der Waals surface area (Å²) >= 11 is 0. The number of anilines is 1.